The summed E-state index contributed by atoms with van der Waals surface area (Å²) >= 11 is 0. The average Bonchev–Trinajstić information content (AvgIpc) is 3.24. The molecule has 0 heteroatoms. The molecule has 10 aromatic rings. The van der Waals surface area contributed by atoms with E-state index in [0.717, 1.165) is 0 Å². The van der Waals surface area contributed by atoms with E-state index in [1.807, 2.05) is 0 Å². The van der Waals surface area contributed by atoms with Gasteiger partial charge in [-0.3, -0.25) is 0 Å². The predicted octanol–water partition coefficient (Wildman–Crippen LogP) is 13.7. The smallest absolute Gasteiger partial charge is 0.00259 e. The van der Waals surface area contributed by atoms with Crippen LogP contribution in [0.5, 0.6) is 0 Å². The minimum absolute atomic E-state index is 1.21. The largest absolute Gasteiger partial charge is 0.0798 e. The van der Waals surface area contributed by atoms with Gasteiger partial charge in [0.05, 0.1) is 0 Å². The van der Waals surface area contributed by atoms with Crippen molar-refractivity contribution in [3.8, 4) is 44.5 Å². The second kappa shape index (κ2) is 13.0. The van der Waals surface area contributed by atoms with Crippen molar-refractivity contribution in [2.75, 3.05) is 0 Å². The molecule has 0 aliphatic rings. The van der Waals surface area contributed by atoms with Gasteiger partial charge in [-0.25, -0.2) is 0 Å². The Labute approximate surface area is 315 Å². The molecular formula is C54H38. The Hall–Kier alpha value is -6.76. The average molecular weight is 687 g/mol. The normalized spacial score (nSPS) is 12.5. The third-order valence-corrected chi connectivity index (χ3v) is 11.4. The monoisotopic (exact) mass is 686 g/mol. The second-order valence-corrected chi connectivity index (χ2v) is 14.3. The van der Waals surface area contributed by atoms with Gasteiger partial charge in [0, 0.05) is 0 Å². The van der Waals surface area contributed by atoms with E-state index < -0.39 is 0 Å². The van der Waals surface area contributed by atoms with Crippen molar-refractivity contribution in [2.45, 2.75) is 13.8 Å². The molecule has 0 unspecified atom stereocenters. The topological polar surface area (TPSA) is 0 Å². The Morgan fingerprint density at radius 1 is 0.278 bits per heavy atom. The van der Waals surface area contributed by atoms with Crippen molar-refractivity contribution in [1.29, 1.82) is 0 Å². The molecule has 0 amide bonds. The molecule has 0 saturated heterocycles. The Morgan fingerprint density at radius 2 is 0.722 bits per heavy atom. The van der Waals surface area contributed by atoms with Gasteiger partial charge < -0.3 is 0 Å². The number of hydrogen-bond acceptors (Lipinski definition) is 0. The first-order valence-corrected chi connectivity index (χ1v) is 18.9. The minimum atomic E-state index is 1.21. The third-order valence-electron chi connectivity index (χ3n) is 11.4. The highest BCUT2D eigenvalue weighted by atomic mass is 14.2. The molecule has 0 aliphatic heterocycles. The standard InChI is InChI=1S/C54H38/c1-3-35-23-26-41(31-36(35)4-2)45-19-11-22-48-46(20-12-21-47(45)48)42-29-30-51-52(34-42)54(44-28-25-38-14-6-8-16-40(38)33-44)50-18-10-9-17-49(50)53(51)43-27-24-37-13-5-7-15-39(37)32-43/h3-34H,1-2H3/b35-3-,36-4-. The minimum Gasteiger partial charge on any atom is -0.0798 e. The highest BCUT2D eigenvalue weighted by molar-refractivity contribution is 6.23. The number of fused-ring (bicyclic) bond motifs is 5. The summed E-state index contributed by atoms with van der Waals surface area (Å²) in [6, 6.07) is 67.7. The summed E-state index contributed by atoms with van der Waals surface area (Å²) in [6.45, 7) is 4.22. The molecule has 0 spiro atoms. The van der Waals surface area contributed by atoms with Crippen molar-refractivity contribution in [1.82, 2.24) is 0 Å². The molecule has 0 aliphatic carbocycles. The number of benzene rings is 10. The number of rotatable bonds is 4. The lowest BCUT2D eigenvalue weighted by Gasteiger charge is -2.20. The van der Waals surface area contributed by atoms with Crippen LogP contribution in [0, 0.1) is 0 Å². The van der Waals surface area contributed by atoms with Gasteiger partial charge in [0.1, 0.15) is 0 Å². The van der Waals surface area contributed by atoms with Crippen LogP contribution in [0.1, 0.15) is 13.8 Å². The molecule has 0 nitrogen and oxygen atoms in total. The van der Waals surface area contributed by atoms with Crippen molar-refractivity contribution < 1.29 is 0 Å². The maximum atomic E-state index is 2.45. The van der Waals surface area contributed by atoms with Gasteiger partial charge in [-0.05, 0) is 147 Å². The molecule has 0 saturated carbocycles. The van der Waals surface area contributed by atoms with Crippen molar-refractivity contribution >= 4 is 66.0 Å². The first kappa shape index (κ1) is 31.9. The molecule has 0 atom stereocenters. The first-order valence-electron chi connectivity index (χ1n) is 18.9. The van der Waals surface area contributed by atoms with E-state index in [1.165, 1.54) is 109 Å². The van der Waals surface area contributed by atoms with Crippen molar-refractivity contribution in [2.24, 2.45) is 0 Å². The van der Waals surface area contributed by atoms with Gasteiger partial charge in [-0.1, -0.05) is 170 Å². The van der Waals surface area contributed by atoms with E-state index in [-0.39, 0.29) is 0 Å². The zero-order chi connectivity index (χ0) is 36.2. The quantitative estimate of drug-likeness (QED) is 0.162. The van der Waals surface area contributed by atoms with Crippen LogP contribution in [0.15, 0.2) is 182 Å². The van der Waals surface area contributed by atoms with Gasteiger partial charge in [0.15, 0.2) is 0 Å². The molecule has 0 heterocycles. The van der Waals surface area contributed by atoms with Crippen LogP contribution in [0.25, 0.3) is 111 Å². The molecular weight excluding hydrogens is 649 g/mol. The molecule has 10 rings (SSSR count). The Morgan fingerprint density at radius 3 is 1.30 bits per heavy atom. The lowest BCUT2D eigenvalue weighted by molar-refractivity contribution is 1.49. The van der Waals surface area contributed by atoms with E-state index in [9.17, 15) is 0 Å². The SMILES string of the molecule is C/C=c1/ccc(-c2cccc3c(-c4ccc5c(-c6ccc7ccccc7c6)c6ccccc6c(-c6ccc7ccccc7c6)c5c4)cccc23)c/c1=C/C. The van der Waals surface area contributed by atoms with Gasteiger partial charge in [-0.2, -0.15) is 0 Å². The summed E-state index contributed by atoms with van der Waals surface area (Å²) in [7, 11) is 0. The molecule has 54 heavy (non-hydrogen) atoms. The third kappa shape index (κ3) is 5.22. The van der Waals surface area contributed by atoms with Crippen LogP contribution in [0.3, 0.4) is 0 Å². The zero-order valence-corrected chi connectivity index (χ0v) is 30.5. The molecule has 0 radical (unpaired) electrons. The fourth-order valence-corrected chi connectivity index (χ4v) is 8.73. The lowest BCUT2D eigenvalue weighted by atomic mass is 9.83. The fourth-order valence-electron chi connectivity index (χ4n) is 8.73. The summed E-state index contributed by atoms with van der Waals surface area (Å²) in [5.41, 5.74) is 9.95. The van der Waals surface area contributed by atoms with E-state index in [2.05, 4.69) is 208 Å². The lowest BCUT2D eigenvalue weighted by Crippen LogP contribution is -2.23. The van der Waals surface area contributed by atoms with Gasteiger partial charge in [0.2, 0.25) is 0 Å². The summed E-state index contributed by atoms with van der Waals surface area (Å²) in [5, 5.41) is 15.1. The van der Waals surface area contributed by atoms with E-state index in [1.54, 1.807) is 0 Å². The van der Waals surface area contributed by atoms with E-state index in [0.29, 0.717) is 0 Å². The maximum Gasteiger partial charge on any atom is -0.00259 e. The Kier molecular flexibility index (Phi) is 7.70. The van der Waals surface area contributed by atoms with Crippen molar-refractivity contribution in [3.63, 3.8) is 0 Å². The molecule has 0 bridgehead atoms. The van der Waals surface area contributed by atoms with Crippen LogP contribution >= 0.6 is 0 Å². The molecule has 254 valence electrons. The molecule has 0 fully saturated rings. The molecule has 10 aromatic carbocycles. The van der Waals surface area contributed by atoms with E-state index >= 15 is 0 Å². The Balaban J connectivity index is 1.27. The summed E-state index contributed by atoms with van der Waals surface area (Å²) in [5.74, 6) is 0. The highest BCUT2D eigenvalue weighted by Crippen LogP contribution is 2.46. The Bertz CT molecular complexity index is 3230. The molecule has 0 N–H and O–H groups in total. The van der Waals surface area contributed by atoms with Gasteiger partial charge >= 0.3 is 0 Å². The van der Waals surface area contributed by atoms with Crippen LogP contribution in [0.4, 0.5) is 0 Å². The fraction of sp³-hybridized carbons (Fsp3) is 0.0370. The highest BCUT2D eigenvalue weighted by Gasteiger charge is 2.19. The number of hydrogen-bond donors (Lipinski definition) is 0. The van der Waals surface area contributed by atoms with Gasteiger partial charge in [0.25, 0.3) is 0 Å². The van der Waals surface area contributed by atoms with E-state index in [4.69, 9.17) is 0 Å². The first-order chi connectivity index (χ1) is 26.7. The summed E-state index contributed by atoms with van der Waals surface area (Å²) in [4.78, 5) is 0. The van der Waals surface area contributed by atoms with Crippen LogP contribution < -0.4 is 10.4 Å². The van der Waals surface area contributed by atoms with Crippen LogP contribution in [-0.4, -0.2) is 0 Å². The summed E-state index contributed by atoms with van der Waals surface area (Å²) in [6.07, 6.45) is 4.38. The predicted molar refractivity (Wildman–Crippen MR) is 235 cm³/mol. The van der Waals surface area contributed by atoms with Gasteiger partial charge in [-0.15, -0.1) is 0 Å². The molecule has 0 aromatic heterocycles. The zero-order valence-electron chi connectivity index (χ0n) is 30.5. The second-order valence-electron chi connectivity index (χ2n) is 14.3. The maximum absolute atomic E-state index is 2.45. The van der Waals surface area contributed by atoms with Crippen molar-refractivity contribution in [3.05, 3.63) is 192 Å². The van der Waals surface area contributed by atoms with Crippen LogP contribution in [-0.2, 0) is 0 Å². The summed E-state index contributed by atoms with van der Waals surface area (Å²) < 4.78 is 0. The van der Waals surface area contributed by atoms with Crippen LogP contribution in [0.2, 0.25) is 0 Å².